The van der Waals surface area contributed by atoms with E-state index in [1.165, 1.54) is 25.6 Å². The second kappa shape index (κ2) is 3.02. The van der Waals surface area contributed by atoms with Crippen molar-refractivity contribution in [2.45, 2.75) is 0 Å². The van der Waals surface area contributed by atoms with Crippen LogP contribution in [0.4, 0.5) is 0 Å². The molecule has 0 unspecified atom stereocenters. The molecule has 72 valence electrons. The molecule has 0 atom stereocenters. The largest absolute Gasteiger partial charge is 0.495 e. The summed E-state index contributed by atoms with van der Waals surface area (Å²) in [6.45, 7) is 0. The molecule has 5 heteroatoms. The molecule has 0 radical (unpaired) electrons. The molecular weight excluding hydrogens is 184 g/mol. The summed E-state index contributed by atoms with van der Waals surface area (Å²) in [4.78, 5) is 14.9. The summed E-state index contributed by atoms with van der Waals surface area (Å²) in [6.07, 6.45) is 2.73. The van der Waals surface area contributed by atoms with Crippen molar-refractivity contribution in [3.63, 3.8) is 0 Å². The molecule has 2 aliphatic rings. The lowest BCUT2D eigenvalue weighted by Gasteiger charge is -2.10. The van der Waals surface area contributed by atoms with Crippen LogP contribution >= 0.6 is 0 Å². The highest BCUT2D eigenvalue weighted by Crippen LogP contribution is 2.21. The minimum atomic E-state index is -0.385. The van der Waals surface area contributed by atoms with E-state index < -0.39 is 0 Å². The van der Waals surface area contributed by atoms with Crippen LogP contribution in [0.25, 0.3) is 11.3 Å². The molecular formula is C9H8N2O3. The first-order chi connectivity index (χ1) is 6.72. The van der Waals surface area contributed by atoms with Crippen LogP contribution in [0.5, 0.6) is 5.75 Å². The molecule has 0 aromatic rings. The molecule has 0 spiro atoms. The van der Waals surface area contributed by atoms with Gasteiger partial charge in [-0.05, 0) is 12.1 Å². The van der Waals surface area contributed by atoms with E-state index in [0.29, 0.717) is 17.0 Å². The second-order valence-corrected chi connectivity index (χ2v) is 2.77. The number of ether oxygens (including phenoxy) is 1. The minimum Gasteiger partial charge on any atom is -0.495 e. The van der Waals surface area contributed by atoms with Crippen LogP contribution in [0.3, 0.4) is 0 Å². The molecule has 0 aliphatic carbocycles. The molecule has 0 amide bonds. The van der Waals surface area contributed by atoms with Gasteiger partial charge in [-0.3, -0.25) is 4.79 Å². The maximum atomic E-state index is 11.3. The number of hydrogen-bond donors (Lipinski definition) is 1. The normalized spacial score (nSPS) is 10.4. The predicted molar refractivity (Wildman–Crippen MR) is 48.9 cm³/mol. The van der Waals surface area contributed by atoms with E-state index in [0.717, 1.165) is 4.73 Å². The summed E-state index contributed by atoms with van der Waals surface area (Å²) in [6, 6.07) is 3.09. The van der Waals surface area contributed by atoms with Crippen molar-refractivity contribution < 1.29 is 9.94 Å². The summed E-state index contributed by atoms with van der Waals surface area (Å²) in [5, 5.41) is 9.48. The lowest BCUT2D eigenvalue weighted by molar-refractivity contribution is 0.185. The van der Waals surface area contributed by atoms with Crippen LogP contribution in [0.1, 0.15) is 0 Å². The van der Waals surface area contributed by atoms with Gasteiger partial charge in [0.1, 0.15) is 5.75 Å². The summed E-state index contributed by atoms with van der Waals surface area (Å²) in [5.74, 6) is 0.408. The van der Waals surface area contributed by atoms with E-state index in [1.807, 2.05) is 0 Å². The highest BCUT2D eigenvalue weighted by Gasteiger charge is 2.11. The van der Waals surface area contributed by atoms with Crippen molar-refractivity contribution in [3.05, 3.63) is 34.9 Å². The number of pyridine rings is 2. The molecule has 5 nitrogen and oxygen atoms in total. The summed E-state index contributed by atoms with van der Waals surface area (Å²) < 4.78 is 5.76. The van der Waals surface area contributed by atoms with E-state index >= 15 is 0 Å². The van der Waals surface area contributed by atoms with Crippen molar-refractivity contribution >= 4 is 0 Å². The van der Waals surface area contributed by atoms with Crippen LogP contribution in [0.15, 0.2) is 29.3 Å². The van der Waals surface area contributed by atoms with Crippen LogP contribution in [-0.4, -0.2) is 22.0 Å². The first-order valence-electron chi connectivity index (χ1n) is 3.97. The van der Waals surface area contributed by atoms with Crippen LogP contribution in [0.2, 0.25) is 0 Å². The van der Waals surface area contributed by atoms with E-state index in [1.54, 1.807) is 6.07 Å². The Morgan fingerprint density at radius 3 is 3.07 bits per heavy atom. The Morgan fingerprint density at radius 2 is 2.36 bits per heavy atom. The summed E-state index contributed by atoms with van der Waals surface area (Å²) in [5.41, 5.74) is 0.351. The van der Waals surface area contributed by atoms with Crippen LogP contribution < -0.4 is 10.3 Å². The lowest BCUT2D eigenvalue weighted by atomic mass is 10.2. The van der Waals surface area contributed by atoms with Crippen molar-refractivity contribution in [3.8, 4) is 17.0 Å². The average Bonchev–Trinajstić information content (AvgIpc) is 2.19. The predicted octanol–water partition coefficient (Wildman–Crippen LogP) is 0.594. The standard InChI is InChI=1S/C9H8N2O3/c1-14-6-4-7-8(11(13)5-6)2-3-10-9(7)12/h2-5,13H,1H3. The quantitative estimate of drug-likeness (QED) is 0.672. The molecule has 2 heterocycles. The first-order valence-corrected chi connectivity index (χ1v) is 3.97. The number of fused-ring (bicyclic) bond motifs is 1. The smallest absolute Gasteiger partial charge is 0.279 e. The van der Waals surface area contributed by atoms with Gasteiger partial charge in [0.25, 0.3) is 5.56 Å². The monoisotopic (exact) mass is 192 g/mol. The average molecular weight is 192 g/mol. The molecule has 0 fully saturated rings. The fourth-order valence-electron chi connectivity index (χ4n) is 1.26. The maximum absolute atomic E-state index is 11.3. The molecule has 0 bridgehead atoms. The number of aromatic nitrogens is 2. The fraction of sp³-hybridized carbons (Fsp3) is 0.111. The topological polar surface area (TPSA) is 64.3 Å². The molecule has 2 rings (SSSR count). The molecule has 0 aromatic carbocycles. The highest BCUT2D eigenvalue weighted by molar-refractivity contribution is 5.61. The van der Waals surface area contributed by atoms with E-state index in [4.69, 9.17) is 4.74 Å². The van der Waals surface area contributed by atoms with Crippen LogP contribution in [-0.2, 0) is 0 Å². The molecule has 0 aromatic heterocycles. The van der Waals surface area contributed by atoms with Crippen molar-refractivity contribution in [1.82, 2.24) is 9.71 Å². The lowest BCUT2D eigenvalue weighted by Crippen LogP contribution is -2.13. The molecule has 14 heavy (non-hydrogen) atoms. The number of hydrogen-bond acceptors (Lipinski definition) is 4. The van der Waals surface area contributed by atoms with Crippen molar-refractivity contribution in [2.75, 3.05) is 7.11 Å². The minimum absolute atomic E-state index is 0.328. The second-order valence-electron chi connectivity index (χ2n) is 2.77. The number of nitrogens with zero attached hydrogens (tertiary/aromatic N) is 2. The third-order valence-electron chi connectivity index (χ3n) is 1.95. The van der Waals surface area contributed by atoms with Gasteiger partial charge in [0.05, 0.1) is 24.6 Å². The van der Waals surface area contributed by atoms with Gasteiger partial charge in [0.2, 0.25) is 0 Å². The Kier molecular flexibility index (Phi) is 1.85. The van der Waals surface area contributed by atoms with Crippen LogP contribution in [0, 0.1) is 0 Å². The zero-order valence-corrected chi connectivity index (χ0v) is 7.47. The number of methoxy groups -OCH3 is 1. The van der Waals surface area contributed by atoms with E-state index in [-0.39, 0.29) is 5.56 Å². The van der Waals surface area contributed by atoms with Crippen molar-refractivity contribution in [2.24, 2.45) is 0 Å². The first kappa shape index (κ1) is 8.55. The summed E-state index contributed by atoms with van der Waals surface area (Å²) in [7, 11) is 1.46. The van der Waals surface area contributed by atoms with Gasteiger partial charge in [-0.1, -0.05) is 0 Å². The van der Waals surface area contributed by atoms with Gasteiger partial charge < -0.3 is 9.94 Å². The number of rotatable bonds is 1. The van der Waals surface area contributed by atoms with Gasteiger partial charge >= 0.3 is 0 Å². The molecule has 0 saturated heterocycles. The SMILES string of the molecule is COc1cc2c(=O)nccc-2n(O)c1. The van der Waals surface area contributed by atoms with Gasteiger partial charge in [-0.25, -0.2) is 4.98 Å². The molecule has 2 aliphatic heterocycles. The van der Waals surface area contributed by atoms with E-state index in [9.17, 15) is 10.0 Å². The van der Waals surface area contributed by atoms with Gasteiger partial charge in [0.15, 0.2) is 0 Å². The zero-order valence-electron chi connectivity index (χ0n) is 7.47. The van der Waals surface area contributed by atoms with Crippen molar-refractivity contribution in [1.29, 1.82) is 0 Å². The Morgan fingerprint density at radius 1 is 1.57 bits per heavy atom. The highest BCUT2D eigenvalue weighted by atomic mass is 16.5. The third kappa shape index (κ3) is 1.19. The third-order valence-corrected chi connectivity index (χ3v) is 1.95. The Hall–Kier alpha value is -2.04. The Balaban J connectivity index is 2.82. The zero-order chi connectivity index (χ0) is 10.1. The molecule has 1 N–H and O–H groups in total. The Labute approximate surface area is 79.5 Å². The summed E-state index contributed by atoms with van der Waals surface area (Å²) >= 11 is 0. The van der Waals surface area contributed by atoms with Gasteiger partial charge in [-0.15, -0.1) is 0 Å². The van der Waals surface area contributed by atoms with Gasteiger partial charge in [0, 0.05) is 6.20 Å². The fourth-order valence-corrected chi connectivity index (χ4v) is 1.26. The van der Waals surface area contributed by atoms with E-state index in [2.05, 4.69) is 4.98 Å². The maximum Gasteiger partial charge on any atom is 0.279 e. The Bertz CT molecular complexity index is 492. The molecule has 0 saturated carbocycles. The van der Waals surface area contributed by atoms with Gasteiger partial charge in [-0.2, -0.15) is 4.73 Å².